The van der Waals surface area contributed by atoms with Gasteiger partial charge in [-0.25, -0.2) is 4.68 Å². The molecule has 42 heavy (non-hydrogen) atoms. The minimum atomic E-state index is -0.479. The Kier molecular flexibility index (Phi) is 8.58. The largest absolute Gasteiger partial charge is 0.497 e. The van der Waals surface area contributed by atoms with E-state index in [9.17, 15) is 14.9 Å². The fourth-order valence-corrected chi connectivity index (χ4v) is 4.94. The van der Waals surface area contributed by atoms with Crippen LogP contribution in [0.4, 0.5) is 5.69 Å². The molecule has 4 aromatic carbocycles. The lowest BCUT2D eigenvalue weighted by Crippen LogP contribution is -2.28. The molecule has 0 unspecified atom stereocenters. The van der Waals surface area contributed by atoms with E-state index in [1.807, 2.05) is 36.4 Å². The summed E-state index contributed by atoms with van der Waals surface area (Å²) < 4.78 is 12.3. The highest BCUT2D eigenvalue weighted by molar-refractivity contribution is 5.94. The van der Waals surface area contributed by atoms with Crippen LogP contribution < -0.4 is 14.8 Å². The topological polar surface area (TPSA) is 109 Å². The molecule has 0 bridgehead atoms. The first-order chi connectivity index (χ1) is 20.5. The van der Waals surface area contributed by atoms with Gasteiger partial charge in [0.2, 0.25) is 0 Å². The van der Waals surface area contributed by atoms with Crippen molar-refractivity contribution < 1.29 is 19.2 Å². The molecule has 1 N–H and O–H groups in total. The monoisotopic (exact) mass is 562 g/mol. The van der Waals surface area contributed by atoms with Gasteiger partial charge in [0.25, 0.3) is 11.6 Å². The van der Waals surface area contributed by atoms with Gasteiger partial charge in [0.15, 0.2) is 0 Å². The fraction of sp³-hybridized carbons (Fsp3) is 0.152. The maximum absolute atomic E-state index is 13.7. The molecule has 0 atom stereocenters. The van der Waals surface area contributed by atoms with Gasteiger partial charge in [-0.1, -0.05) is 66.7 Å². The number of nitrogens with one attached hydrogen (secondary N) is 1. The van der Waals surface area contributed by atoms with Crippen LogP contribution in [0.5, 0.6) is 11.5 Å². The van der Waals surface area contributed by atoms with Gasteiger partial charge in [0, 0.05) is 36.2 Å². The summed E-state index contributed by atoms with van der Waals surface area (Å²) in [6.45, 7) is 0.397. The number of nitrogens with zero attached hydrogens (tertiary/aromatic N) is 3. The van der Waals surface area contributed by atoms with Crippen molar-refractivity contribution in [3.63, 3.8) is 0 Å². The van der Waals surface area contributed by atoms with E-state index in [0.717, 1.165) is 11.1 Å². The van der Waals surface area contributed by atoms with Crippen LogP contribution in [0.2, 0.25) is 0 Å². The first-order valence-corrected chi connectivity index (χ1v) is 13.4. The number of nitro benzene ring substituents is 1. The summed E-state index contributed by atoms with van der Waals surface area (Å²) in [6, 6.07) is 33.3. The van der Waals surface area contributed by atoms with Crippen LogP contribution in [0.15, 0.2) is 109 Å². The van der Waals surface area contributed by atoms with Gasteiger partial charge in [-0.2, -0.15) is 5.10 Å². The molecule has 0 saturated carbocycles. The molecule has 0 aliphatic heterocycles. The number of rotatable bonds is 11. The lowest BCUT2D eigenvalue weighted by atomic mass is 9.88. The number of carbonyl (C=O) groups excluding carboxylic acids is 1. The number of aromatic nitrogens is 2. The van der Waals surface area contributed by atoms with Gasteiger partial charge in [-0.05, 0) is 41.8 Å². The van der Waals surface area contributed by atoms with Crippen molar-refractivity contribution in [3.8, 4) is 28.4 Å². The fourth-order valence-electron chi connectivity index (χ4n) is 4.94. The third-order valence-electron chi connectivity index (χ3n) is 7.03. The molecular weight excluding hydrogens is 532 g/mol. The number of benzene rings is 4. The smallest absolute Gasteiger partial charge is 0.271 e. The van der Waals surface area contributed by atoms with Crippen molar-refractivity contribution in [1.29, 1.82) is 0 Å². The van der Waals surface area contributed by atoms with E-state index >= 15 is 0 Å². The molecule has 0 spiro atoms. The average molecular weight is 563 g/mol. The average Bonchev–Trinajstić information content (AvgIpc) is 3.49. The molecule has 0 saturated heterocycles. The van der Waals surface area contributed by atoms with Crippen molar-refractivity contribution in [2.75, 3.05) is 20.8 Å². The molecule has 9 nitrogen and oxygen atoms in total. The molecule has 0 fully saturated rings. The van der Waals surface area contributed by atoms with E-state index in [-0.39, 0.29) is 23.2 Å². The van der Waals surface area contributed by atoms with Crippen LogP contribution in [0.3, 0.4) is 0 Å². The second-order valence-corrected chi connectivity index (χ2v) is 9.59. The van der Waals surface area contributed by atoms with Crippen molar-refractivity contribution in [2.45, 2.75) is 12.3 Å². The normalized spacial score (nSPS) is 10.8. The Morgan fingerprint density at radius 2 is 1.57 bits per heavy atom. The molecule has 5 aromatic rings. The Balaban J connectivity index is 1.46. The van der Waals surface area contributed by atoms with Gasteiger partial charge in [-0.15, -0.1) is 0 Å². The van der Waals surface area contributed by atoms with Crippen molar-refractivity contribution in [1.82, 2.24) is 15.1 Å². The van der Waals surface area contributed by atoms with Gasteiger partial charge in [-0.3, -0.25) is 14.9 Å². The van der Waals surface area contributed by atoms with Gasteiger partial charge in [0.1, 0.15) is 17.2 Å². The number of methoxy groups -OCH3 is 2. The van der Waals surface area contributed by atoms with Crippen molar-refractivity contribution >= 4 is 11.6 Å². The Bertz CT molecular complexity index is 1650. The van der Waals surface area contributed by atoms with Crippen LogP contribution >= 0.6 is 0 Å². The predicted octanol–water partition coefficient (Wildman–Crippen LogP) is 6.42. The van der Waals surface area contributed by atoms with Crippen LogP contribution in [0.25, 0.3) is 16.9 Å². The first kappa shape index (κ1) is 28.1. The summed E-state index contributed by atoms with van der Waals surface area (Å²) in [5, 5.41) is 19.2. The second-order valence-electron chi connectivity index (χ2n) is 9.59. The quantitative estimate of drug-likeness (QED) is 0.147. The second kappa shape index (κ2) is 12.8. The maximum Gasteiger partial charge on any atom is 0.271 e. The number of ether oxygens (including phenoxy) is 2. The van der Waals surface area contributed by atoms with E-state index in [0.29, 0.717) is 41.4 Å². The Hall–Kier alpha value is -5.44. The van der Waals surface area contributed by atoms with Crippen LogP contribution in [-0.4, -0.2) is 41.4 Å². The number of hydrogen-bond donors (Lipinski definition) is 1. The van der Waals surface area contributed by atoms with Crippen LogP contribution in [0.1, 0.15) is 34.0 Å². The van der Waals surface area contributed by atoms with Gasteiger partial charge in [0.05, 0.1) is 30.5 Å². The summed E-state index contributed by atoms with van der Waals surface area (Å²) in [6.07, 6.45) is 0.671. The minimum absolute atomic E-state index is 0.0912. The molecule has 0 aliphatic rings. The SMILES string of the molecule is COc1ccc(-c2cc(C(=O)NCCC(c3ccccc3)c3ccccc3)n(-c3cccc([N+](=O)[O-])c3)n2)c(OC)c1. The number of amides is 1. The summed E-state index contributed by atoms with van der Waals surface area (Å²) >= 11 is 0. The molecule has 5 rings (SSSR count). The van der Waals surface area contributed by atoms with Gasteiger partial charge < -0.3 is 14.8 Å². The summed E-state index contributed by atoms with van der Waals surface area (Å²) in [5.41, 5.74) is 3.95. The van der Waals surface area contributed by atoms with Crippen LogP contribution in [0, 0.1) is 10.1 Å². The number of hydrogen-bond acceptors (Lipinski definition) is 6. The van der Waals surface area contributed by atoms with E-state index in [1.54, 1.807) is 50.6 Å². The number of carbonyl (C=O) groups is 1. The molecule has 1 aromatic heterocycles. The first-order valence-electron chi connectivity index (χ1n) is 13.4. The Morgan fingerprint density at radius 3 is 2.19 bits per heavy atom. The Morgan fingerprint density at radius 1 is 0.881 bits per heavy atom. The van der Waals surface area contributed by atoms with Crippen LogP contribution in [-0.2, 0) is 0 Å². The zero-order valence-electron chi connectivity index (χ0n) is 23.3. The van der Waals surface area contributed by atoms with E-state index in [1.165, 1.54) is 16.8 Å². The summed E-state index contributed by atoms with van der Waals surface area (Å²) in [4.78, 5) is 24.7. The molecule has 9 heteroatoms. The number of non-ortho nitro benzene ring substituents is 1. The molecule has 212 valence electrons. The highest BCUT2D eigenvalue weighted by atomic mass is 16.6. The van der Waals surface area contributed by atoms with Crippen molar-refractivity contribution in [2.24, 2.45) is 0 Å². The Labute approximate surface area is 243 Å². The van der Waals surface area contributed by atoms with E-state index < -0.39 is 4.92 Å². The number of nitro groups is 1. The molecule has 1 heterocycles. The highest BCUT2D eigenvalue weighted by Crippen LogP contribution is 2.34. The zero-order chi connectivity index (χ0) is 29.5. The van der Waals surface area contributed by atoms with E-state index in [2.05, 4.69) is 34.7 Å². The summed E-state index contributed by atoms with van der Waals surface area (Å²) in [7, 11) is 3.10. The third kappa shape index (κ3) is 6.15. The predicted molar refractivity (Wildman–Crippen MR) is 160 cm³/mol. The standard InChI is InChI=1S/C33H30N4O5/c1-41-27-16-17-29(32(21-27)42-2)30-22-31(36(35-30)25-14-9-15-26(20-25)37(39)40)33(38)34-19-18-28(23-10-5-3-6-11-23)24-12-7-4-8-13-24/h3-17,20-22,28H,18-19H2,1-2H3,(H,34,38). The summed E-state index contributed by atoms with van der Waals surface area (Å²) in [5.74, 6) is 0.859. The third-order valence-corrected chi connectivity index (χ3v) is 7.03. The molecule has 0 aliphatic carbocycles. The maximum atomic E-state index is 13.7. The molecule has 1 amide bonds. The highest BCUT2D eigenvalue weighted by Gasteiger charge is 2.22. The van der Waals surface area contributed by atoms with E-state index in [4.69, 9.17) is 9.47 Å². The lowest BCUT2D eigenvalue weighted by Gasteiger charge is -2.18. The van der Waals surface area contributed by atoms with Gasteiger partial charge >= 0.3 is 0 Å². The molecular formula is C33H30N4O5. The zero-order valence-corrected chi connectivity index (χ0v) is 23.3. The minimum Gasteiger partial charge on any atom is -0.497 e. The van der Waals surface area contributed by atoms with Crippen molar-refractivity contribution in [3.05, 3.63) is 136 Å². The molecule has 0 radical (unpaired) electrons. The lowest BCUT2D eigenvalue weighted by molar-refractivity contribution is -0.384.